The lowest BCUT2D eigenvalue weighted by molar-refractivity contribution is -0.115. The third kappa shape index (κ3) is 4.53. The lowest BCUT2D eigenvalue weighted by atomic mass is 9.87. The maximum atomic E-state index is 12.2. The first kappa shape index (κ1) is 18.6. The standard InChI is InChI=1S/C21H23N3O3/c1-13-23-17-11-16(9-10-18(17)27-13)24-19(25)12-22-20(26)14-5-7-15(8-6-14)21(2,3)4/h5-11H,12H2,1-4H3,(H,22,26)(H,24,25). The number of hydrogen-bond acceptors (Lipinski definition) is 4. The molecule has 6 heteroatoms. The number of hydrogen-bond donors (Lipinski definition) is 2. The van der Waals surface area contributed by atoms with Crippen LogP contribution in [0.15, 0.2) is 46.9 Å². The maximum Gasteiger partial charge on any atom is 0.251 e. The largest absolute Gasteiger partial charge is 0.441 e. The van der Waals surface area contributed by atoms with Gasteiger partial charge in [0.05, 0.1) is 6.54 Å². The van der Waals surface area contributed by atoms with E-state index in [1.807, 2.05) is 12.1 Å². The molecule has 0 aliphatic heterocycles. The van der Waals surface area contributed by atoms with Crippen molar-refractivity contribution in [3.05, 3.63) is 59.5 Å². The molecule has 0 atom stereocenters. The Kier molecular flexibility index (Phi) is 4.99. The van der Waals surface area contributed by atoms with E-state index in [4.69, 9.17) is 4.42 Å². The van der Waals surface area contributed by atoms with Crippen LogP contribution in [0.5, 0.6) is 0 Å². The van der Waals surface area contributed by atoms with Crippen molar-refractivity contribution in [3.8, 4) is 0 Å². The van der Waals surface area contributed by atoms with E-state index in [9.17, 15) is 9.59 Å². The zero-order chi connectivity index (χ0) is 19.6. The molecular formula is C21H23N3O3. The summed E-state index contributed by atoms with van der Waals surface area (Å²) in [6, 6.07) is 12.6. The summed E-state index contributed by atoms with van der Waals surface area (Å²) in [6.45, 7) is 8.00. The average Bonchev–Trinajstić information content (AvgIpc) is 2.98. The van der Waals surface area contributed by atoms with Crippen LogP contribution in [0.4, 0.5) is 5.69 Å². The second-order valence-corrected chi connectivity index (χ2v) is 7.47. The number of carbonyl (C=O) groups is 2. The molecule has 27 heavy (non-hydrogen) atoms. The Bertz CT molecular complexity index is 982. The Morgan fingerprint density at radius 3 is 2.44 bits per heavy atom. The molecule has 3 aromatic rings. The molecule has 0 fully saturated rings. The minimum absolute atomic E-state index is 0.0262. The number of anilines is 1. The van der Waals surface area contributed by atoms with Gasteiger partial charge in [0, 0.05) is 18.2 Å². The van der Waals surface area contributed by atoms with Gasteiger partial charge in [-0.15, -0.1) is 0 Å². The molecule has 3 rings (SSSR count). The monoisotopic (exact) mass is 365 g/mol. The van der Waals surface area contributed by atoms with Crippen LogP contribution in [0, 0.1) is 6.92 Å². The molecule has 0 saturated carbocycles. The number of rotatable bonds is 4. The molecule has 1 heterocycles. The number of benzene rings is 2. The summed E-state index contributed by atoms with van der Waals surface area (Å²) in [4.78, 5) is 28.6. The minimum Gasteiger partial charge on any atom is -0.441 e. The van der Waals surface area contributed by atoms with Gasteiger partial charge in [-0.1, -0.05) is 32.9 Å². The Labute approximate surface area is 158 Å². The van der Waals surface area contributed by atoms with Crippen molar-refractivity contribution in [2.75, 3.05) is 11.9 Å². The molecule has 2 amide bonds. The molecule has 0 aliphatic carbocycles. The number of nitrogens with zero attached hydrogens (tertiary/aromatic N) is 1. The normalized spacial score (nSPS) is 11.4. The van der Waals surface area contributed by atoms with Gasteiger partial charge in [-0.05, 0) is 41.3 Å². The van der Waals surface area contributed by atoms with Gasteiger partial charge in [-0.3, -0.25) is 9.59 Å². The van der Waals surface area contributed by atoms with Crippen molar-refractivity contribution in [1.29, 1.82) is 0 Å². The zero-order valence-corrected chi connectivity index (χ0v) is 15.9. The third-order valence-electron chi connectivity index (χ3n) is 4.20. The Balaban J connectivity index is 1.57. The average molecular weight is 365 g/mol. The number of oxazole rings is 1. The molecule has 0 radical (unpaired) electrons. The van der Waals surface area contributed by atoms with Gasteiger partial charge in [0.25, 0.3) is 5.91 Å². The fourth-order valence-electron chi connectivity index (χ4n) is 2.71. The number of aromatic nitrogens is 1. The van der Waals surface area contributed by atoms with Gasteiger partial charge in [-0.2, -0.15) is 0 Å². The third-order valence-corrected chi connectivity index (χ3v) is 4.20. The fourth-order valence-corrected chi connectivity index (χ4v) is 2.71. The first-order valence-electron chi connectivity index (χ1n) is 8.78. The highest BCUT2D eigenvalue weighted by Crippen LogP contribution is 2.22. The molecule has 0 saturated heterocycles. The first-order chi connectivity index (χ1) is 12.7. The van der Waals surface area contributed by atoms with Crippen LogP contribution in [0.25, 0.3) is 11.1 Å². The van der Waals surface area contributed by atoms with E-state index in [-0.39, 0.29) is 23.8 Å². The SMILES string of the molecule is Cc1nc2cc(NC(=O)CNC(=O)c3ccc(C(C)(C)C)cc3)ccc2o1. The van der Waals surface area contributed by atoms with Crippen LogP contribution in [-0.2, 0) is 10.2 Å². The molecule has 1 aromatic heterocycles. The van der Waals surface area contributed by atoms with E-state index >= 15 is 0 Å². The van der Waals surface area contributed by atoms with Gasteiger partial charge in [-0.25, -0.2) is 4.98 Å². The summed E-state index contributed by atoms with van der Waals surface area (Å²) in [7, 11) is 0. The molecule has 0 bridgehead atoms. The molecule has 0 unspecified atom stereocenters. The number of nitrogens with one attached hydrogen (secondary N) is 2. The van der Waals surface area contributed by atoms with Gasteiger partial charge in [0.2, 0.25) is 5.91 Å². The van der Waals surface area contributed by atoms with Crippen LogP contribution in [0.1, 0.15) is 42.6 Å². The molecule has 140 valence electrons. The van der Waals surface area contributed by atoms with E-state index in [2.05, 4.69) is 36.4 Å². The predicted octanol–water partition coefficient (Wildman–Crippen LogP) is 3.80. The summed E-state index contributed by atoms with van der Waals surface area (Å²) in [5.74, 6) is -0.0272. The molecule has 0 spiro atoms. The minimum atomic E-state index is -0.311. The topological polar surface area (TPSA) is 84.2 Å². The summed E-state index contributed by atoms with van der Waals surface area (Å²) >= 11 is 0. The van der Waals surface area contributed by atoms with Crippen LogP contribution in [-0.4, -0.2) is 23.3 Å². The van der Waals surface area contributed by atoms with E-state index in [0.717, 1.165) is 5.56 Å². The second kappa shape index (κ2) is 7.23. The van der Waals surface area contributed by atoms with E-state index < -0.39 is 0 Å². The van der Waals surface area contributed by atoms with Crippen LogP contribution < -0.4 is 10.6 Å². The van der Waals surface area contributed by atoms with Crippen LogP contribution >= 0.6 is 0 Å². The van der Waals surface area contributed by atoms with Gasteiger partial charge in [0.1, 0.15) is 5.52 Å². The van der Waals surface area contributed by atoms with E-state index in [1.54, 1.807) is 37.3 Å². The van der Waals surface area contributed by atoms with E-state index in [0.29, 0.717) is 28.2 Å². The van der Waals surface area contributed by atoms with Crippen molar-refractivity contribution < 1.29 is 14.0 Å². The molecule has 2 N–H and O–H groups in total. The number of carbonyl (C=O) groups excluding carboxylic acids is 2. The highest BCUT2D eigenvalue weighted by molar-refractivity contribution is 5.99. The summed E-state index contributed by atoms with van der Waals surface area (Å²) in [5, 5.41) is 5.38. The second-order valence-electron chi connectivity index (χ2n) is 7.47. The van der Waals surface area contributed by atoms with Crippen molar-refractivity contribution >= 4 is 28.6 Å². The van der Waals surface area contributed by atoms with E-state index in [1.165, 1.54) is 0 Å². The zero-order valence-electron chi connectivity index (χ0n) is 15.9. The Morgan fingerprint density at radius 1 is 1.07 bits per heavy atom. The first-order valence-corrected chi connectivity index (χ1v) is 8.78. The van der Waals surface area contributed by atoms with Crippen LogP contribution in [0.2, 0.25) is 0 Å². The maximum absolute atomic E-state index is 12.2. The highest BCUT2D eigenvalue weighted by Gasteiger charge is 2.15. The van der Waals surface area contributed by atoms with Crippen molar-refractivity contribution in [2.45, 2.75) is 33.1 Å². The van der Waals surface area contributed by atoms with Gasteiger partial charge >= 0.3 is 0 Å². The number of amides is 2. The molecular weight excluding hydrogens is 342 g/mol. The van der Waals surface area contributed by atoms with Crippen molar-refractivity contribution in [3.63, 3.8) is 0 Å². The summed E-state index contributed by atoms with van der Waals surface area (Å²) in [6.07, 6.45) is 0. The number of fused-ring (bicyclic) bond motifs is 1. The Morgan fingerprint density at radius 2 is 1.78 bits per heavy atom. The highest BCUT2D eigenvalue weighted by atomic mass is 16.3. The quantitative estimate of drug-likeness (QED) is 0.736. The Hall–Kier alpha value is -3.15. The predicted molar refractivity (Wildman–Crippen MR) is 105 cm³/mol. The lowest BCUT2D eigenvalue weighted by Crippen LogP contribution is -2.32. The molecule has 6 nitrogen and oxygen atoms in total. The molecule has 2 aromatic carbocycles. The smallest absolute Gasteiger partial charge is 0.251 e. The molecule has 0 aliphatic rings. The number of aryl methyl sites for hydroxylation is 1. The summed E-state index contributed by atoms with van der Waals surface area (Å²) < 4.78 is 5.40. The van der Waals surface area contributed by atoms with Crippen LogP contribution in [0.3, 0.4) is 0 Å². The van der Waals surface area contributed by atoms with Gasteiger partial charge < -0.3 is 15.1 Å². The van der Waals surface area contributed by atoms with Crippen molar-refractivity contribution in [2.24, 2.45) is 0 Å². The van der Waals surface area contributed by atoms with Gasteiger partial charge in [0.15, 0.2) is 11.5 Å². The van der Waals surface area contributed by atoms with Crippen molar-refractivity contribution in [1.82, 2.24) is 10.3 Å². The lowest BCUT2D eigenvalue weighted by Gasteiger charge is -2.19. The summed E-state index contributed by atoms with van der Waals surface area (Å²) in [5.41, 5.74) is 3.64. The fraction of sp³-hybridized carbons (Fsp3) is 0.286.